The maximum atomic E-state index is 3.59. The Balaban J connectivity index is 2.38. The molecule has 0 bridgehead atoms. The number of aromatic amines is 1. The Morgan fingerprint density at radius 2 is 1.15 bits per heavy atom. The van der Waals surface area contributed by atoms with Gasteiger partial charge in [0.2, 0.25) is 0 Å². The van der Waals surface area contributed by atoms with E-state index in [0.717, 1.165) is 0 Å². The van der Waals surface area contributed by atoms with Crippen molar-refractivity contribution in [2.45, 2.75) is 142 Å². The van der Waals surface area contributed by atoms with Crippen LogP contribution < -0.4 is 4.57 Å². The molecular weight excluding hydrogens is 328 g/mol. The summed E-state index contributed by atoms with van der Waals surface area (Å²) < 4.78 is 2.46. The summed E-state index contributed by atoms with van der Waals surface area (Å²) in [6, 6.07) is 0.553. The molecule has 1 atom stereocenters. The summed E-state index contributed by atoms with van der Waals surface area (Å²) in [6.45, 7) is 9.20. The molecule has 1 rings (SSSR count). The summed E-state index contributed by atoms with van der Waals surface area (Å²) in [5.41, 5.74) is 0. The zero-order chi connectivity index (χ0) is 19.7. The van der Waals surface area contributed by atoms with Crippen LogP contribution in [0.4, 0.5) is 0 Å². The minimum atomic E-state index is 0.553. The molecule has 2 nitrogen and oxygen atoms in total. The van der Waals surface area contributed by atoms with Gasteiger partial charge in [-0.3, -0.25) is 0 Å². The first-order valence-corrected chi connectivity index (χ1v) is 12.3. The van der Waals surface area contributed by atoms with Crippen molar-refractivity contribution in [1.82, 2.24) is 4.98 Å². The van der Waals surface area contributed by atoms with E-state index < -0.39 is 0 Å². The van der Waals surface area contributed by atoms with Crippen molar-refractivity contribution in [1.29, 1.82) is 0 Å². The molecule has 1 aromatic heterocycles. The molecular formula is C25H49N2+. The number of aromatic nitrogens is 2. The van der Waals surface area contributed by atoms with Crippen LogP contribution in [0, 0.1) is 0 Å². The average molecular weight is 378 g/mol. The van der Waals surface area contributed by atoms with Crippen molar-refractivity contribution in [3.8, 4) is 0 Å². The second-order valence-corrected chi connectivity index (χ2v) is 8.86. The van der Waals surface area contributed by atoms with E-state index in [9.17, 15) is 0 Å². The average Bonchev–Trinajstić information content (AvgIpc) is 3.15. The normalized spacial score (nSPS) is 12.8. The first-order chi connectivity index (χ1) is 13.2. The van der Waals surface area contributed by atoms with Crippen LogP contribution in [0.5, 0.6) is 0 Å². The van der Waals surface area contributed by atoms with Crippen LogP contribution in [-0.4, -0.2) is 4.98 Å². The van der Waals surface area contributed by atoms with E-state index >= 15 is 0 Å². The molecule has 0 saturated heterocycles. The second-order valence-electron chi connectivity index (χ2n) is 8.86. The lowest BCUT2D eigenvalue weighted by atomic mass is 9.93. The third kappa shape index (κ3) is 11.0. The highest BCUT2D eigenvalue weighted by Crippen LogP contribution is 2.26. The van der Waals surface area contributed by atoms with Gasteiger partial charge in [-0.15, -0.1) is 0 Å². The van der Waals surface area contributed by atoms with Gasteiger partial charge in [0.15, 0.2) is 0 Å². The van der Waals surface area contributed by atoms with Crippen LogP contribution >= 0.6 is 0 Å². The predicted molar refractivity (Wildman–Crippen MR) is 119 cm³/mol. The standard InChI is InChI=1S/C25H48N2/c1-5-7-9-11-13-14-16-18-20-24(19-17-15-12-10-8-6-2)25-26-21-22-27(25)23(3)4/h21-24H,5-20H2,1-4H3/p+1/t24-/m0/s1. The van der Waals surface area contributed by atoms with Gasteiger partial charge in [-0.05, 0) is 26.7 Å². The van der Waals surface area contributed by atoms with E-state index in [1.165, 1.54) is 109 Å². The van der Waals surface area contributed by atoms with Crippen molar-refractivity contribution in [3.05, 3.63) is 18.2 Å². The van der Waals surface area contributed by atoms with E-state index in [1.54, 1.807) is 0 Å². The topological polar surface area (TPSA) is 19.7 Å². The maximum absolute atomic E-state index is 3.59. The predicted octanol–water partition coefficient (Wildman–Crippen LogP) is 8.25. The SMILES string of the molecule is CCCCCCCCCC[C@H](CCCCCCCC)c1[nH]cc[n+]1C(C)C. The molecule has 1 heterocycles. The molecule has 1 aromatic rings. The van der Waals surface area contributed by atoms with Gasteiger partial charge in [0.05, 0.1) is 12.0 Å². The Labute approximate surface area is 170 Å². The van der Waals surface area contributed by atoms with E-state index in [1.807, 2.05) is 0 Å². The quantitative estimate of drug-likeness (QED) is 0.196. The van der Waals surface area contributed by atoms with Crippen LogP contribution in [0.1, 0.15) is 148 Å². The minimum absolute atomic E-state index is 0.553. The molecule has 0 aromatic carbocycles. The van der Waals surface area contributed by atoms with E-state index in [4.69, 9.17) is 0 Å². The molecule has 0 spiro atoms. The van der Waals surface area contributed by atoms with E-state index in [2.05, 4.69) is 49.6 Å². The highest BCUT2D eigenvalue weighted by Gasteiger charge is 2.23. The fraction of sp³-hybridized carbons (Fsp3) is 0.880. The van der Waals surface area contributed by atoms with Gasteiger partial charge < -0.3 is 0 Å². The van der Waals surface area contributed by atoms with Crippen LogP contribution in [0.2, 0.25) is 0 Å². The van der Waals surface area contributed by atoms with Gasteiger partial charge in [0, 0.05) is 0 Å². The summed E-state index contributed by atoms with van der Waals surface area (Å²) in [6.07, 6.45) is 26.8. The lowest BCUT2D eigenvalue weighted by molar-refractivity contribution is -0.723. The lowest BCUT2D eigenvalue weighted by Crippen LogP contribution is -2.39. The molecule has 0 radical (unpaired) electrons. The van der Waals surface area contributed by atoms with Gasteiger partial charge in [0.25, 0.3) is 5.82 Å². The Bertz CT molecular complexity index is 435. The number of nitrogens with one attached hydrogen (secondary N) is 1. The third-order valence-corrected chi connectivity index (χ3v) is 6.00. The molecule has 0 fully saturated rings. The largest absolute Gasteiger partial charge is 0.257 e. The van der Waals surface area contributed by atoms with Crippen LogP contribution in [-0.2, 0) is 0 Å². The van der Waals surface area contributed by atoms with Gasteiger partial charge in [-0.25, -0.2) is 9.55 Å². The second kappa shape index (κ2) is 16.2. The van der Waals surface area contributed by atoms with Crippen molar-refractivity contribution >= 4 is 0 Å². The summed E-state index contributed by atoms with van der Waals surface area (Å²) >= 11 is 0. The Kier molecular flexibility index (Phi) is 14.5. The Hall–Kier alpha value is -0.790. The van der Waals surface area contributed by atoms with Gasteiger partial charge >= 0.3 is 0 Å². The first-order valence-electron chi connectivity index (χ1n) is 12.3. The Morgan fingerprint density at radius 3 is 1.59 bits per heavy atom. The fourth-order valence-corrected chi connectivity index (χ4v) is 4.25. The van der Waals surface area contributed by atoms with Crippen molar-refractivity contribution in [2.24, 2.45) is 0 Å². The number of unbranched alkanes of at least 4 members (excludes halogenated alkanes) is 12. The summed E-state index contributed by atoms with van der Waals surface area (Å²) in [5, 5.41) is 0. The zero-order valence-electron chi connectivity index (χ0n) is 19.1. The van der Waals surface area contributed by atoms with Crippen LogP contribution in [0.3, 0.4) is 0 Å². The lowest BCUT2D eigenvalue weighted by Gasteiger charge is -2.15. The Morgan fingerprint density at radius 1 is 0.704 bits per heavy atom. The zero-order valence-corrected chi connectivity index (χ0v) is 19.1. The van der Waals surface area contributed by atoms with Crippen LogP contribution in [0.25, 0.3) is 0 Å². The van der Waals surface area contributed by atoms with E-state index in [0.29, 0.717) is 12.0 Å². The molecule has 158 valence electrons. The number of H-pyrrole nitrogens is 1. The summed E-state index contributed by atoms with van der Waals surface area (Å²) in [5.74, 6) is 2.19. The van der Waals surface area contributed by atoms with Crippen LogP contribution in [0.15, 0.2) is 12.4 Å². The number of imidazole rings is 1. The van der Waals surface area contributed by atoms with Crippen molar-refractivity contribution < 1.29 is 4.57 Å². The highest BCUT2D eigenvalue weighted by molar-refractivity contribution is 4.90. The van der Waals surface area contributed by atoms with E-state index in [-0.39, 0.29) is 0 Å². The van der Waals surface area contributed by atoms with Gasteiger partial charge in [-0.1, -0.05) is 104 Å². The van der Waals surface area contributed by atoms with Crippen molar-refractivity contribution in [2.75, 3.05) is 0 Å². The third-order valence-electron chi connectivity index (χ3n) is 6.00. The molecule has 0 unspecified atom stereocenters. The number of hydrogen-bond donors (Lipinski definition) is 1. The summed E-state index contributed by atoms with van der Waals surface area (Å²) in [7, 11) is 0. The molecule has 0 saturated carbocycles. The summed E-state index contributed by atoms with van der Waals surface area (Å²) in [4.78, 5) is 3.59. The number of rotatable bonds is 18. The number of nitrogens with zero attached hydrogens (tertiary/aromatic N) is 1. The molecule has 0 amide bonds. The fourth-order valence-electron chi connectivity index (χ4n) is 4.25. The monoisotopic (exact) mass is 377 g/mol. The van der Waals surface area contributed by atoms with Gasteiger partial charge in [0.1, 0.15) is 12.4 Å². The minimum Gasteiger partial charge on any atom is -0.247 e. The van der Waals surface area contributed by atoms with Gasteiger partial charge in [-0.2, -0.15) is 0 Å². The molecule has 0 aliphatic heterocycles. The molecule has 27 heavy (non-hydrogen) atoms. The molecule has 0 aliphatic carbocycles. The molecule has 1 N–H and O–H groups in total. The first kappa shape index (κ1) is 24.2. The highest BCUT2D eigenvalue weighted by atomic mass is 15.1. The molecule has 2 heteroatoms. The smallest absolute Gasteiger partial charge is 0.247 e. The maximum Gasteiger partial charge on any atom is 0.257 e. The molecule has 0 aliphatic rings. The number of hydrogen-bond acceptors (Lipinski definition) is 0. The van der Waals surface area contributed by atoms with Crippen molar-refractivity contribution in [3.63, 3.8) is 0 Å².